The van der Waals surface area contributed by atoms with Crippen LogP contribution in [0.3, 0.4) is 0 Å². The Hall–Kier alpha value is -2.33. The van der Waals surface area contributed by atoms with Gasteiger partial charge in [-0.2, -0.15) is 0 Å². The summed E-state index contributed by atoms with van der Waals surface area (Å²) in [4.78, 5) is 19.2. The van der Waals surface area contributed by atoms with E-state index in [0.29, 0.717) is 23.1 Å². The van der Waals surface area contributed by atoms with Crippen LogP contribution in [0.1, 0.15) is 18.5 Å². The predicted molar refractivity (Wildman–Crippen MR) is 101 cm³/mol. The minimum atomic E-state index is -2.65. The molecule has 3 aromatic heterocycles. The van der Waals surface area contributed by atoms with Crippen LogP contribution in [0.4, 0.5) is 14.6 Å². The lowest BCUT2D eigenvalue weighted by molar-refractivity contribution is 0.145. The van der Waals surface area contributed by atoms with Crippen LogP contribution in [0.5, 0.6) is 0 Å². The normalized spacial score (nSPS) is 17.3. The first-order valence-corrected chi connectivity index (χ1v) is 9.83. The first-order chi connectivity index (χ1) is 13.2. The maximum absolute atomic E-state index is 13.0. The fourth-order valence-corrected chi connectivity index (χ4v) is 3.64. The smallest absolute Gasteiger partial charge is 0.281 e. The summed E-state index contributed by atoms with van der Waals surface area (Å²) in [5, 5.41) is 0. The third-order valence-electron chi connectivity index (χ3n) is 4.64. The second-order valence-corrected chi connectivity index (χ2v) is 7.07. The standard InChI is InChI=1S/C17H19F2N7S/c1-27-23-6-11-3-5-25(9-11)14-2-4-20-17(24-14)13-7-22-15-8-21-12(16(18)19)10-26(13)15/h2,4,7-8,10-11,16,23H,3,5-6,9H2,1H3. The van der Waals surface area contributed by atoms with Crippen LogP contribution >= 0.6 is 11.9 Å². The Kier molecular flexibility index (Phi) is 5.17. The maximum atomic E-state index is 13.0. The van der Waals surface area contributed by atoms with Crippen LogP contribution in [-0.4, -0.2) is 50.2 Å². The number of halogens is 2. The summed E-state index contributed by atoms with van der Waals surface area (Å²) in [6.45, 7) is 2.83. The largest absolute Gasteiger partial charge is 0.356 e. The van der Waals surface area contributed by atoms with Crippen molar-refractivity contribution in [1.82, 2.24) is 29.1 Å². The zero-order valence-electron chi connectivity index (χ0n) is 14.7. The third kappa shape index (κ3) is 3.72. The number of fused-ring (bicyclic) bond motifs is 1. The molecular formula is C17H19F2N7S. The predicted octanol–water partition coefficient (Wildman–Crippen LogP) is 2.82. The van der Waals surface area contributed by atoms with Crippen LogP contribution in [0.2, 0.25) is 0 Å². The van der Waals surface area contributed by atoms with E-state index >= 15 is 0 Å². The fraction of sp³-hybridized carbons (Fsp3) is 0.412. The van der Waals surface area contributed by atoms with Gasteiger partial charge in [0.1, 0.15) is 17.2 Å². The molecule has 0 bridgehead atoms. The van der Waals surface area contributed by atoms with Crippen molar-refractivity contribution in [1.29, 1.82) is 0 Å². The van der Waals surface area contributed by atoms with Crippen molar-refractivity contribution in [3.05, 3.63) is 36.5 Å². The molecule has 0 radical (unpaired) electrons. The first-order valence-electron chi connectivity index (χ1n) is 8.61. The van der Waals surface area contributed by atoms with Crippen molar-refractivity contribution in [2.24, 2.45) is 5.92 Å². The number of nitrogens with one attached hydrogen (secondary N) is 1. The first kappa shape index (κ1) is 18.1. The van der Waals surface area contributed by atoms with Crippen LogP contribution in [-0.2, 0) is 0 Å². The molecule has 27 heavy (non-hydrogen) atoms. The number of rotatable bonds is 6. The molecule has 0 saturated carbocycles. The molecule has 1 atom stereocenters. The molecule has 1 aliphatic rings. The van der Waals surface area contributed by atoms with Crippen molar-refractivity contribution in [2.45, 2.75) is 12.8 Å². The molecule has 142 valence electrons. The summed E-state index contributed by atoms with van der Waals surface area (Å²) in [5.74, 6) is 1.87. The highest BCUT2D eigenvalue weighted by molar-refractivity contribution is 7.96. The highest BCUT2D eigenvalue weighted by Gasteiger charge is 2.24. The van der Waals surface area contributed by atoms with E-state index in [2.05, 4.69) is 29.6 Å². The van der Waals surface area contributed by atoms with Crippen molar-refractivity contribution in [3.63, 3.8) is 0 Å². The summed E-state index contributed by atoms with van der Waals surface area (Å²) in [7, 11) is 0. The van der Waals surface area contributed by atoms with E-state index in [-0.39, 0.29) is 5.69 Å². The second kappa shape index (κ2) is 7.73. The van der Waals surface area contributed by atoms with Crippen molar-refractivity contribution < 1.29 is 8.78 Å². The minimum Gasteiger partial charge on any atom is -0.356 e. The molecule has 1 unspecified atom stereocenters. The molecule has 4 rings (SSSR count). The molecule has 0 aliphatic carbocycles. The van der Waals surface area contributed by atoms with Gasteiger partial charge in [0, 0.05) is 32.0 Å². The Bertz CT molecular complexity index is 933. The molecule has 7 nitrogen and oxygen atoms in total. The van der Waals surface area contributed by atoms with Gasteiger partial charge in [0.15, 0.2) is 11.5 Å². The van der Waals surface area contributed by atoms with Gasteiger partial charge in [0.2, 0.25) is 0 Å². The molecular weight excluding hydrogens is 372 g/mol. The number of anilines is 1. The zero-order chi connectivity index (χ0) is 18.8. The van der Waals surface area contributed by atoms with Gasteiger partial charge in [-0.15, -0.1) is 0 Å². The van der Waals surface area contributed by atoms with E-state index in [1.165, 1.54) is 12.4 Å². The van der Waals surface area contributed by atoms with Crippen molar-refractivity contribution in [3.8, 4) is 11.5 Å². The topological polar surface area (TPSA) is 71.2 Å². The number of aromatic nitrogens is 5. The fourth-order valence-electron chi connectivity index (χ4n) is 3.24. The SMILES string of the molecule is CSNCC1CCN(c2ccnc(-c3cnc4cnc(C(F)F)cn34)n2)C1. The molecule has 0 spiro atoms. The Morgan fingerprint density at radius 1 is 1.30 bits per heavy atom. The molecule has 1 saturated heterocycles. The van der Waals surface area contributed by atoms with Gasteiger partial charge in [0.25, 0.3) is 6.43 Å². The average Bonchev–Trinajstić information content (AvgIpc) is 3.33. The van der Waals surface area contributed by atoms with Gasteiger partial charge < -0.3 is 4.90 Å². The lowest BCUT2D eigenvalue weighted by atomic mass is 10.1. The van der Waals surface area contributed by atoms with E-state index in [0.717, 1.165) is 31.9 Å². The van der Waals surface area contributed by atoms with Gasteiger partial charge in [-0.05, 0) is 24.7 Å². The van der Waals surface area contributed by atoms with E-state index in [1.54, 1.807) is 28.7 Å². The molecule has 1 fully saturated rings. The highest BCUT2D eigenvalue weighted by Crippen LogP contribution is 2.25. The number of imidazole rings is 1. The zero-order valence-corrected chi connectivity index (χ0v) is 15.5. The van der Waals surface area contributed by atoms with Gasteiger partial charge in [-0.25, -0.2) is 28.7 Å². The van der Waals surface area contributed by atoms with Gasteiger partial charge in [-0.1, -0.05) is 11.9 Å². The van der Waals surface area contributed by atoms with Gasteiger partial charge in [-0.3, -0.25) is 9.12 Å². The molecule has 3 aromatic rings. The van der Waals surface area contributed by atoms with Crippen LogP contribution in [0.25, 0.3) is 17.2 Å². The monoisotopic (exact) mass is 391 g/mol. The van der Waals surface area contributed by atoms with Crippen molar-refractivity contribution in [2.75, 3.05) is 30.8 Å². The lowest BCUT2D eigenvalue weighted by Crippen LogP contribution is -2.24. The average molecular weight is 391 g/mol. The number of alkyl halides is 2. The van der Waals surface area contributed by atoms with Gasteiger partial charge >= 0.3 is 0 Å². The van der Waals surface area contributed by atoms with Crippen molar-refractivity contribution >= 4 is 23.4 Å². The molecule has 10 heteroatoms. The van der Waals surface area contributed by atoms with Crippen LogP contribution in [0, 0.1) is 5.92 Å². The summed E-state index contributed by atoms with van der Waals surface area (Å²) >= 11 is 1.63. The quantitative estimate of drug-likeness (QED) is 0.648. The Balaban J connectivity index is 1.61. The van der Waals surface area contributed by atoms with E-state index in [1.807, 2.05) is 12.3 Å². The van der Waals surface area contributed by atoms with Gasteiger partial charge in [0.05, 0.1) is 12.4 Å². The summed E-state index contributed by atoms with van der Waals surface area (Å²) in [6, 6.07) is 1.88. The Morgan fingerprint density at radius 3 is 3.00 bits per heavy atom. The van der Waals surface area contributed by atoms with E-state index in [4.69, 9.17) is 0 Å². The molecule has 1 aliphatic heterocycles. The summed E-state index contributed by atoms with van der Waals surface area (Å²) in [6.07, 6.45) is 6.38. The van der Waals surface area contributed by atoms with E-state index in [9.17, 15) is 8.78 Å². The minimum absolute atomic E-state index is 0.304. The Labute approximate surface area is 159 Å². The van der Waals surface area contributed by atoms with Crippen LogP contribution < -0.4 is 9.62 Å². The molecule has 0 amide bonds. The van der Waals surface area contributed by atoms with E-state index < -0.39 is 6.43 Å². The van der Waals surface area contributed by atoms with Crippen LogP contribution in [0.15, 0.2) is 30.9 Å². The summed E-state index contributed by atoms with van der Waals surface area (Å²) in [5.41, 5.74) is 0.741. The maximum Gasteiger partial charge on any atom is 0.281 e. The Morgan fingerprint density at radius 2 is 2.19 bits per heavy atom. The molecule has 1 N–H and O–H groups in total. The second-order valence-electron chi connectivity index (χ2n) is 6.38. The summed E-state index contributed by atoms with van der Waals surface area (Å²) < 4.78 is 30.8. The number of nitrogens with zero attached hydrogens (tertiary/aromatic N) is 6. The highest BCUT2D eigenvalue weighted by atomic mass is 32.2. The number of hydrogen-bond acceptors (Lipinski definition) is 7. The molecule has 0 aromatic carbocycles. The lowest BCUT2D eigenvalue weighted by Gasteiger charge is -2.18. The number of hydrogen-bond donors (Lipinski definition) is 1. The third-order valence-corrected chi connectivity index (χ3v) is 5.09. The molecule has 4 heterocycles.